The predicted molar refractivity (Wildman–Crippen MR) is 79.0 cm³/mol. The summed E-state index contributed by atoms with van der Waals surface area (Å²) < 4.78 is 41.3. The molecule has 2 atom stereocenters. The smallest absolute Gasteiger partial charge is 0.422 e. The van der Waals surface area contributed by atoms with E-state index in [1.165, 1.54) is 18.1 Å². The molecule has 118 valence electrons. The van der Waals surface area contributed by atoms with Gasteiger partial charge in [-0.25, -0.2) is 4.98 Å². The van der Waals surface area contributed by atoms with Gasteiger partial charge in [-0.3, -0.25) is 0 Å². The number of fused-ring (bicyclic) bond motifs is 1. The summed E-state index contributed by atoms with van der Waals surface area (Å²) in [6.07, 6.45) is -3.18. The van der Waals surface area contributed by atoms with E-state index >= 15 is 0 Å². The maximum Gasteiger partial charge on any atom is 0.422 e. The van der Waals surface area contributed by atoms with Crippen LogP contribution in [0.4, 0.5) is 13.2 Å². The minimum Gasteiger partial charge on any atom is -0.468 e. The molecule has 3 rings (SSSR count). The lowest BCUT2D eigenvalue weighted by atomic mass is 10.0. The lowest BCUT2D eigenvalue weighted by Crippen LogP contribution is -2.19. The Balaban J connectivity index is 1.81. The molecule has 0 N–H and O–H groups in total. The Hall–Kier alpha value is -1.78. The van der Waals surface area contributed by atoms with Crippen LogP contribution >= 0.6 is 0 Å². The molecule has 1 heterocycles. The van der Waals surface area contributed by atoms with E-state index in [-0.39, 0.29) is 5.88 Å². The van der Waals surface area contributed by atoms with Crippen LogP contribution in [-0.4, -0.2) is 17.8 Å². The molecule has 0 saturated heterocycles. The number of aromatic nitrogens is 1. The second kappa shape index (κ2) is 5.45. The average molecular weight is 309 g/mol. The molecule has 5 heteroatoms. The van der Waals surface area contributed by atoms with E-state index in [0.717, 1.165) is 5.39 Å². The molecule has 0 spiro atoms. The second-order valence-corrected chi connectivity index (χ2v) is 6.26. The van der Waals surface area contributed by atoms with Gasteiger partial charge in [-0.15, -0.1) is 0 Å². The average Bonchev–Trinajstić information content (AvgIpc) is 3.24. The number of halogens is 3. The van der Waals surface area contributed by atoms with Crippen LogP contribution in [-0.2, 0) is 0 Å². The molecule has 0 radical (unpaired) electrons. The van der Waals surface area contributed by atoms with Crippen LogP contribution in [0, 0.1) is 11.8 Å². The molecule has 0 unspecified atom stereocenters. The van der Waals surface area contributed by atoms with Gasteiger partial charge in [0, 0.05) is 11.5 Å². The summed E-state index contributed by atoms with van der Waals surface area (Å²) in [4.78, 5) is 4.20. The van der Waals surface area contributed by atoms with Crippen LogP contribution in [0.5, 0.6) is 5.88 Å². The first kappa shape index (κ1) is 15.1. The highest BCUT2D eigenvalue weighted by Gasteiger charge is 2.40. The molecule has 0 amide bonds. The summed E-state index contributed by atoms with van der Waals surface area (Å²) in [5.74, 6) is 1.90. The lowest BCUT2D eigenvalue weighted by molar-refractivity contribution is -0.154. The van der Waals surface area contributed by atoms with Crippen LogP contribution < -0.4 is 4.74 Å². The highest BCUT2D eigenvalue weighted by atomic mass is 19.4. The van der Waals surface area contributed by atoms with Gasteiger partial charge in [-0.2, -0.15) is 13.2 Å². The first-order valence-corrected chi connectivity index (χ1v) is 7.44. The van der Waals surface area contributed by atoms with Crippen molar-refractivity contribution in [2.75, 3.05) is 6.61 Å². The fourth-order valence-electron chi connectivity index (χ4n) is 2.92. The molecular weight excluding hydrogens is 291 g/mol. The fraction of sp³-hybridized carbons (Fsp3) is 0.471. The van der Waals surface area contributed by atoms with E-state index in [4.69, 9.17) is 4.74 Å². The van der Waals surface area contributed by atoms with Gasteiger partial charge in [0.1, 0.15) is 0 Å². The molecule has 1 fully saturated rings. The molecule has 22 heavy (non-hydrogen) atoms. The van der Waals surface area contributed by atoms with Crippen molar-refractivity contribution in [1.82, 2.24) is 4.98 Å². The van der Waals surface area contributed by atoms with E-state index in [1.807, 2.05) is 12.1 Å². The molecule has 1 aliphatic rings. The van der Waals surface area contributed by atoms with Crippen LogP contribution in [0.15, 0.2) is 30.3 Å². The van der Waals surface area contributed by atoms with Crippen molar-refractivity contribution in [3.8, 4) is 5.88 Å². The number of hydrogen-bond donors (Lipinski definition) is 0. The quantitative estimate of drug-likeness (QED) is 0.798. The van der Waals surface area contributed by atoms with Crippen molar-refractivity contribution in [2.45, 2.75) is 32.4 Å². The topological polar surface area (TPSA) is 22.1 Å². The highest BCUT2D eigenvalue weighted by molar-refractivity contribution is 5.80. The zero-order valence-corrected chi connectivity index (χ0v) is 12.5. The third kappa shape index (κ3) is 3.34. The number of ether oxygens (including phenoxy) is 1. The number of nitrogens with zero attached hydrogens (tertiary/aromatic N) is 1. The largest absolute Gasteiger partial charge is 0.468 e. The normalized spacial score (nSPS) is 21.4. The Morgan fingerprint density at radius 1 is 1.23 bits per heavy atom. The Morgan fingerprint density at radius 3 is 2.59 bits per heavy atom. The number of alkyl halides is 3. The fourth-order valence-corrected chi connectivity index (χ4v) is 2.92. The molecular formula is C17H18F3NO. The Bertz CT molecular complexity index is 681. The van der Waals surface area contributed by atoms with Crippen molar-refractivity contribution < 1.29 is 17.9 Å². The summed E-state index contributed by atoms with van der Waals surface area (Å²) in [5, 5.41) is 0.907. The van der Waals surface area contributed by atoms with Crippen molar-refractivity contribution >= 4 is 10.9 Å². The number of rotatable bonds is 4. The molecule has 1 aliphatic carbocycles. The molecule has 2 aromatic rings. The summed E-state index contributed by atoms with van der Waals surface area (Å²) in [7, 11) is 0. The van der Waals surface area contributed by atoms with Crippen LogP contribution in [0.1, 0.15) is 31.7 Å². The highest BCUT2D eigenvalue weighted by Crippen LogP contribution is 2.51. The van der Waals surface area contributed by atoms with E-state index < -0.39 is 12.8 Å². The number of benzene rings is 1. The van der Waals surface area contributed by atoms with Crippen LogP contribution in [0.25, 0.3) is 10.9 Å². The molecule has 1 aromatic carbocycles. The predicted octanol–water partition coefficient (Wildman–Crippen LogP) is 4.94. The summed E-state index contributed by atoms with van der Waals surface area (Å²) >= 11 is 0. The third-order valence-corrected chi connectivity index (χ3v) is 4.20. The maximum absolute atomic E-state index is 12.2. The third-order valence-electron chi connectivity index (χ3n) is 4.20. The number of hydrogen-bond acceptors (Lipinski definition) is 2. The zero-order chi connectivity index (χ0) is 15.9. The second-order valence-electron chi connectivity index (χ2n) is 6.26. The van der Waals surface area contributed by atoms with Crippen LogP contribution in [0.3, 0.4) is 0 Å². The van der Waals surface area contributed by atoms with Crippen molar-refractivity contribution in [3.05, 3.63) is 35.9 Å². The van der Waals surface area contributed by atoms with Gasteiger partial charge >= 0.3 is 6.18 Å². The Kier molecular flexibility index (Phi) is 3.75. The Morgan fingerprint density at radius 2 is 1.95 bits per heavy atom. The first-order valence-electron chi connectivity index (χ1n) is 7.44. The van der Waals surface area contributed by atoms with Gasteiger partial charge in [0.15, 0.2) is 6.61 Å². The van der Waals surface area contributed by atoms with Gasteiger partial charge in [-0.1, -0.05) is 26.0 Å². The van der Waals surface area contributed by atoms with Crippen LogP contribution in [0.2, 0.25) is 0 Å². The standard InChI is InChI=1S/C17H18F3NO/c1-10(2)13-8-14(13)12-4-3-11-5-6-16(21-15(11)7-12)22-9-17(18,19)20/h3-7,10,13-14H,8-9H2,1-2H3/t13-,14-/m1/s1. The van der Waals surface area contributed by atoms with E-state index in [0.29, 0.717) is 23.3 Å². The maximum atomic E-state index is 12.2. The SMILES string of the molecule is CC(C)[C@H]1C[C@@H]1c1ccc2ccc(OCC(F)(F)F)nc2c1. The number of pyridine rings is 1. The Labute approximate surface area is 127 Å². The summed E-state index contributed by atoms with van der Waals surface area (Å²) in [6.45, 7) is 3.11. The van der Waals surface area contributed by atoms with Gasteiger partial charge in [0.2, 0.25) is 5.88 Å². The summed E-state index contributed by atoms with van der Waals surface area (Å²) in [6, 6.07) is 9.25. The van der Waals surface area contributed by atoms with E-state index in [9.17, 15) is 13.2 Å². The van der Waals surface area contributed by atoms with Crippen molar-refractivity contribution in [1.29, 1.82) is 0 Å². The molecule has 0 bridgehead atoms. The molecule has 0 aliphatic heterocycles. The van der Waals surface area contributed by atoms with Gasteiger partial charge in [0.25, 0.3) is 0 Å². The minimum atomic E-state index is -4.35. The zero-order valence-electron chi connectivity index (χ0n) is 12.5. The lowest BCUT2D eigenvalue weighted by Gasteiger charge is -2.09. The first-order chi connectivity index (χ1) is 10.3. The summed E-state index contributed by atoms with van der Waals surface area (Å²) in [5.41, 5.74) is 1.90. The van der Waals surface area contributed by atoms with E-state index in [2.05, 4.69) is 24.9 Å². The van der Waals surface area contributed by atoms with Crippen molar-refractivity contribution in [2.24, 2.45) is 11.8 Å². The van der Waals surface area contributed by atoms with Gasteiger partial charge in [0.05, 0.1) is 5.52 Å². The minimum absolute atomic E-state index is 0.0122. The van der Waals surface area contributed by atoms with Gasteiger partial charge < -0.3 is 4.74 Å². The van der Waals surface area contributed by atoms with Crippen molar-refractivity contribution in [3.63, 3.8) is 0 Å². The van der Waals surface area contributed by atoms with E-state index in [1.54, 1.807) is 6.07 Å². The molecule has 2 nitrogen and oxygen atoms in total. The monoisotopic (exact) mass is 309 g/mol. The molecule has 1 saturated carbocycles. The van der Waals surface area contributed by atoms with Gasteiger partial charge in [-0.05, 0) is 41.9 Å². The molecule has 1 aromatic heterocycles.